The van der Waals surface area contributed by atoms with Gasteiger partial charge in [0.25, 0.3) is 11.8 Å². The zero-order valence-electron chi connectivity index (χ0n) is 24.4. The maximum absolute atomic E-state index is 12.9. The molecule has 0 bridgehead atoms. The number of thiazole rings is 1. The van der Waals surface area contributed by atoms with Crippen LogP contribution in [0, 0.1) is 5.92 Å². The highest BCUT2D eigenvalue weighted by atomic mass is 32.1. The Morgan fingerprint density at radius 2 is 1.93 bits per heavy atom. The predicted octanol–water partition coefficient (Wildman–Crippen LogP) is -0.354. The minimum atomic E-state index is -3.54. The molecule has 1 aliphatic carbocycles. The molecule has 11 N–H and O–H groups in total. The third kappa shape index (κ3) is 8.67. The molecule has 2 aliphatic rings. The van der Waals surface area contributed by atoms with Crippen molar-refractivity contribution in [3.63, 3.8) is 0 Å². The number of aliphatic hydroxyl groups is 3. The van der Waals surface area contributed by atoms with E-state index in [1.54, 1.807) is 18.2 Å². The Morgan fingerprint density at radius 1 is 1.18 bits per heavy atom. The molecule has 3 amide bonds. The van der Waals surface area contributed by atoms with E-state index >= 15 is 0 Å². The minimum Gasteiger partial charge on any atom is -0.494 e. The molecular formula is C28H38N8O7S. The summed E-state index contributed by atoms with van der Waals surface area (Å²) in [4.78, 5) is 44.7. The van der Waals surface area contributed by atoms with Gasteiger partial charge in [0.1, 0.15) is 21.4 Å². The van der Waals surface area contributed by atoms with Crippen molar-refractivity contribution in [3.05, 3.63) is 52.6 Å². The molecule has 2 aromatic rings. The Balaban J connectivity index is 1.58. The van der Waals surface area contributed by atoms with E-state index in [1.807, 2.05) is 0 Å². The number of hydrogen-bond acceptors (Lipinski definition) is 13. The summed E-state index contributed by atoms with van der Waals surface area (Å²) in [6.45, 7) is 1.54. The van der Waals surface area contributed by atoms with Crippen LogP contribution in [0.5, 0.6) is 5.75 Å². The number of piperidine rings is 1. The highest BCUT2D eigenvalue weighted by Gasteiger charge is 2.30. The molecule has 1 aromatic heterocycles. The van der Waals surface area contributed by atoms with E-state index in [0.717, 1.165) is 38.6 Å². The van der Waals surface area contributed by atoms with Crippen LogP contribution < -0.4 is 37.5 Å². The normalized spacial score (nSPS) is 18.2. The standard InChI is InChI=1S/C28H38N8O7S/c1-36-11-4-3-6-16(36)13-31-25(38)20-14-32-27(44-20)17-7-5-8-18(23(17)43-2)33-19(22(30)26(39)35-28(40,41)42)12-21(29)34-24(37)15-9-10-15/h5,7-8,12,14-16,33,40-42H,3-4,6,9-11,13,29-30H2,1-2H3,(H,31,38)(H,34,37)(H,35,39)/b21-12+,22-19+. The summed E-state index contributed by atoms with van der Waals surface area (Å²) >= 11 is 1.17. The van der Waals surface area contributed by atoms with Gasteiger partial charge in [0.05, 0.1) is 30.3 Å². The van der Waals surface area contributed by atoms with E-state index < -0.39 is 17.7 Å². The summed E-state index contributed by atoms with van der Waals surface area (Å²) in [6.07, 6.45) is 3.90. The molecule has 0 radical (unpaired) electrons. The summed E-state index contributed by atoms with van der Waals surface area (Å²) in [6, 6.07) is 5.30. The lowest BCUT2D eigenvalue weighted by atomic mass is 10.0. The van der Waals surface area contributed by atoms with Gasteiger partial charge in [-0.2, -0.15) is 0 Å². The Labute approximate surface area is 258 Å². The fraction of sp³-hybridized carbons (Fsp3) is 0.429. The van der Waals surface area contributed by atoms with Gasteiger partial charge < -0.3 is 52.4 Å². The molecule has 0 spiro atoms. The number of methoxy groups -OCH3 is 1. The SMILES string of the molecule is COc1c(NC(/C=C(\N)NC(=O)C2CC2)=C(/N)C(=O)NC(O)(O)O)cccc1-c1ncc(C(=O)NCC2CCCCN2C)s1. The molecular weight excluding hydrogens is 592 g/mol. The van der Waals surface area contributed by atoms with Crippen LogP contribution in [0.15, 0.2) is 47.7 Å². The van der Waals surface area contributed by atoms with E-state index in [4.69, 9.17) is 16.2 Å². The summed E-state index contributed by atoms with van der Waals surface area (Å²) in [7, 11) is 3.48. The number of benzene rings is 1. The van der Waals surface area contributed by atoms with Crippen molar-refractivity contribution in [1.82, 2.24) is 25.8 Å². The van der Waals surface area contributed by atoms with E-state index in [2.05, 4.69) is 32.9 Å². The fourth-order valence-corrected chi connectivity index (χ4v) is 5.53. The number of allylic oxidation sites excluding steroid dienone is 1. The van der Waals surface area contributed by atoms with Crippen molar-refractivity contribution in [3.8, 4) is 16.3 Å². The van der Waals surface area contributed by atoms with Crippen molar-refractivity contribution >= 4 is 34.7 Å². The first-order valence-electron chi connectivity index (χ1n) is 14.0. The van der Waals surface area contributed by atoms with Crippen LogP contribution in [0.1, 0.15) is 41.8 Å². The highest BCUT2D eigenvalue weighted by Crippen LogP contribution is 2.39. The van der Waals surface area contributed by atoms with Crippen molar-refractivity contribution in [1.29, 1.82) is 0 Å². The lowest BCUT2D eigenvalue weighted by Crippen LogP contribution is -2.50. The molecule has 4 rings (SSSR count). The third-order valence-corrected chi connectivity index (χ3v) is 8.23. The number of carbonyl (C=O) groups is 3. The van der Waals surface area contributed by atoms with Crippen LogP contribution in [0.3, 0.4) is 0 Å². The number of likely N-dealkylation sites (N-methyl/N-ethyl adjacent to an activating group) is 1. The number of para-hydroxylation sites is 1. The fourth-order valence-electron chi connectivity index (χ4n) is 4.68. The van der Waals surface area contributed by atoms with Gasteiger partial charge >= 0.3 is 6.10 Å². The number of aromatic nitrogens is 1. The van der Waals surface area contributed by atoms with Gasteiger partial charge in [0.2, 0.25) is 5.91 Å². The van der Waals surface area contributed by atoms with E-state index in [1.165, 1.54) is 36.0 Å². The third-order valence-electron chi connectivity index (χ3n) is 7.20. The number of ether oxygens (including phenoxy) is 1. The van der Waals surface area contributed by atoms with E-state index in [0.29, 0.717) is 22.0 Å². The number of anilines is 1. The van der Waals surface area contributed by atoms with E-state index in [-0.39, 0.29) is 46.7 Å². The summed E-state index contributed by atoms with van der Waals surface area (Å²) in [5.74, 6) is -1.81. The van der Waals surface area contributed by atoms with Crippen LogP contribution in [0.2, 0.25) is 0 Å². The number of nitrogens with two attached hydrogens (primary N) is 2. The number of hydrogen-bond donors (Lipinski definition) is 9. The zero-order valence-corrected chi connectivity index (χ0v) is 25.2. The second kappa shape index (κ2) is 14.0. The largest absolute Gasteiger partial charge is 0.494 e. The molecule has 15 nitrogen and oxygen atoms in total. The van der Waals surface area contributed by atoms with Crippen molar-refractivity contribution in [2.45, 2.75) is 44.2 Å². The maximum atomic E-state index is 12.9. The summed E-state index contributed by atoms with van der Waals surface area (Å²) < 4.78 is 5.66. The van der Waals surface area contributed by atoms with Crippen LogP contribution in [-0.2, 0) is 9.59 Å². The van der Waals surface area contributed by atoms with Gasteiger partial charge in [-0.05, 0) is 51.4 Å². The molecule has 1 aromatic carbocycles. The first kappa shape index (κ1) is 32.7. The Bertz CT molecular complexity index is 1450. The molecule has 1 atom stereocenters. The van der Waals surface area contributed by atoms with Crippen LogP contribution >= 0.6 is 11.3 Å². The summed E-state index contributed by atoms with van der Waals surface area (Å²) in [5, 5.41) is 38.0. The number of nitrogens with one attached hydrogen (secondary N) is 4. The van der Waals surface area contributed by atoms with Crippen molar-refractivity contribution in [2.24, 2.45) is 17.4 Å². The molecule has 238 valence electrons. The van der Waals surface area contributed by atoms with Gasteiger partial charge in [-0.3, -0.25) is 19.7 Å². The zero-order chi connectivity index (χ0) is 32.0. The molecule has 1 aliphatic heterocycles. The molecule has 2 heterocycles. The molecule has 44 heavy (non-hydrogen) atoms. The quantitative estimate of drug-likeness (QED) is 0.0831. The second-order valence-electron chi connectivity index (χ2n) is 10.7. The van der Waals surface area contributed by atoms with Gasteiger partial charge in [-0.25, -0.2) is 4.98 Å². The lowest BCUT2D eigenvalue weighted by Gasteiger charge is -2.32. The van der Waals surface area contributed by atoms with Gasteiger partial charge in [0, 0.05) is 24.6 Å². The molecule has 1 unspecified atom stereocenters. The average molecular weight is 631 g/mol. The number of rotatable bonds is 12. The van der Waals surface area contributed by atoms with Gasteiger partial charge in [-0.1, -0.05) is 12.5 Å². The number of nitrogens with zero attached hydrogens (tertiary/aromatic N) is 2. The highest BCUT2D eigenvalue weighted by molar-refractivity contribution is 7.17. The van der Waals surface area contributed by atoms with Gasteiger partial charge in [0.15, 0.2) is 5.75 Å². The molecule has 16 heteroatoms. The molecule has 1 saturated heterocycles. The van der Waals surface area contributed by atoms with E-state index in [9.17, 15) is 29.7 Å². The minimum absolute atomic E-state index is 0.145. The average Bonchev–Trinajstić information content (AvgIpc) is 3.71. The number of likely N-dealkylation sites (tertiary alicyclic amines) is 1. The maximum Gasteiger partial charge on any atom is 0.369 e. The monoisotopic (exact) mass is 630 g/mol. The summed E-state index contributed by atoms with van der Waals surface area (Å²) in [5.41, 5.74) is 12.0. The first-order valence-corrected chi connectivity index (χ1v) is 14.8. The van der Waals surface area contributed by atoms with Gasteiger partial charge in [-0.15, -0.1) is 11.3 Å². The Kier molecular flexibility index (Phi) is 10.4. The Morgan fingerprint density at radius 3 is 2.59 bits per heavy atom. The Hall–Kier alpha value is -4.22. The predicted molar refractivity (Wildman–Crippen MR) is 162 cm³/mol. The van der Waals surface area contributed by atoms with Crippen LogP contribution in [0.4, 0.5) is 5.69 Å². The lowest BCUT2D eigenvalue weighted by molar-refractivity contribution is -0.325. The van der Waals surface area contributed by atoms with Crippen LogP contribution in [-0.4, -0.2) is 82.3 Å². The van der Waals surface area contributed by atoms with Crippen molar-refractivity contribution in [2.75, 3.05) is 32.6 Å². The molecule has 1 saturated carbocycles. The number of carbonyl (C=O) groups excluding carboxylic acids is 3. The smallest absolute Gasteiger partial charge is 0.369 e. The van der Waals surface area contributed by atoms with Crippen molar-refractivity contribution < 1.29 is 34.4 Å². The number of amides is 3. The second-order valence-corrected chi connectivity index (χ2v) is 11.7. The topological polar surface area (TPSA) is 237 Å². The molecule has 2 fully saturated rings. The van der Waals surface area contributed by atoms with Crippen LogP contribution in [0.25, 0.3) is 10.6 Å². The first-order chi connectivity index (χ1) is 20.9.